The van der Waals surface area contributed by atoms with Crippen LogP contribution >= 0.6 is 0 Å². The molecule has 2 aliphatic rings. The van der Waals surface area contributed by atoms with Gasteiger partial charge < -0.3 is 18.9 Å². The molecule has 13 nitrogen and oxygen atoms in total. The zero-order valence-corrected chi connectivity index (χ0v) is 23.3. The topological polar surface area (TPSA) is 150 Å². The highest BCUT2D eigenvalue weighted by Gasteiger charge is 2.24. The van der Waals surface area contributed by atoms with Crippen LogP contribution in [0.3, 0.4) is 0 Å². The van der Waals surface area contributed by atoms with Crippen LogP contribution in [0.4, 0.5) is 9.59 Å². The summed E-state index contributed by atoms with van der Waals surface area (Å²) in [6.45, 7) is 0.0326. The third-order valence-corrected chi connectivity index (χ3v) is 6.67. The van der Waals surface area contributed by atoms with E-state index in [1.165, 1.54) is 0 Å². The lowest BCUT2D eigenvalue weighted by molar-refractivity contribution is -0.139. The highest BCUT2D eigenvalue weighted by molar-refractivity contribution is 5.84. The van der Waals surface area contributed by atoms with Gasteiger partial charge in [-0.2, -0.15) is 0 Å². The van der Waals surface area contributed by atoms with Crippen LogP contribution in [-0.4, -0.2) is 75.6 Å². The Balaban J connectivity index is 1.32. The van der Waals surface area contributed by atoms with Crippen molar-refractivity contribution in [3.8, 4) is 33.9 Å². The predicted octanol–water partition coefficient (Wildman–Crippen LogP) is 3.78. The largest absolute Gasteiger partial charge is 0.517 e. The SMILES string of the molecule is O=C1CN(Cc2cccc(-c3cc(-c4ccccc4)cc(-c4cccc(CN5COC(=O)OC(=O)C5)n4)n3)n2)COC(=O)O1. The fraction of sp³-hybridized carbons (Fsp3) is 0.194. The molecule has 2 saturated heterocycles. The fourth-order valence-corrected chi connectivity index (χ4v) is 4.73. The molecule has 0 N–H and O–H groups in total. The highest BCUT2D eigenvalue weighted by atomic mass is 16.8. The molecule has 0 amide bonds. The summed E-state index contributed by atoms with van der Waals surface area (Å²) in [5, 5.41) is 0. The number of hydrogen-bond acceptors (Lipinski definition) is 13. The number of carbonyl (C=O) groups is 4. The van der Waals surface area contributed by atoms with E-state index in [2.05, 4.69) is 9.47 Å². The fourth-order valence-electron chi connectivity index (χ4n) is 4.73. The summed E-state index contributed by atoms with van der Waals surface area (Å²) in [4.78, 5) is 64.3. The molecule has 13 heteroatoms. The number of aromatic nitrogens is 3. The van der Waals surface area contributed by atoms with Gasteiger partial charge in [0.2, 0.25) is 0 Å². The maximum Gasteiger partial charge on any atom is 0.517 e. The zero-order valence-electron chi connectivity index (χ0n) is 23.3. The summed E-state index contributed by atoms with van der Waals surface area (Å²) in [5.41, 5.74) is 5.53. The summed E-state index contributed by atoms with van der Waals surface area (Å²) >= 11 is 0. The second-order valence-electron chi connectivity index (χ2n) is 9.99. The molecule has 2 aliphatic heterocycles. The van der Waals surface area contributed by atoms with Crippen LogP contribution in [0.15, 0.2) is 78.9 Å². The quantitative estimate of drug-likeness (QED) is 0.225. The Labute approximate surface area is 251 Å². The van der Waals surface area contributed by atoms with E-state index in [0.717, 1.165) is 11.1 Å². The first-order valence-electron chi connectivity index (χ1n) is 13.6. The maximum atomic E-state index is 11.9. The number of cyclic esters (lactones) is 6. The summed E-state index contributed by atoms with van der Waals surface area (Å²) in [5.74, 6) is -1.39. The molecular formula is C31H25N5O8. The van der Waals surface area contributed by atoms with Gasteiger partial charge in [-0.05, 0) is 47.5 Å². The molecule has 0 aliphatic carbocycles. The van der Waals surface area contributed by atoms with Gasteiger partial charge in [-0.3, -0.25) is 19.4 Å². The van der Waals surface area contributed by atoms with E-state index in [1.54, 1.807) is 9.80 Å². The molecule has 4 aromatic rings. The Bertz CT molecular complexity index is 1630. The lowest BCUT2D eigenvalue weighted by Gasteiger charge is -2.17. The van der Waals surface area contributed by atoms with Crippen LogP contribution in [-0.2, 0) is 41.6 Å². The molecule has 0 radical (unpaired) electrons. The number of pyridine rings is 3. The van der Waals surface area contributed by atoms with Crippen LogP contribution in [0.2, 0.25) is 0 Å². The van der Waals surface area contributed by atoms with Crippen molar-refractivity contribution in [3.63, 3.8) is 0 Å². The Morgan fingerprint density at radius 1 is 0.545 bits per heavy atom. The Morgan fingerprint density at radius 3 is 1.55 bits per heavy atom. The molecular weight excluding hydrogens is 570 g/mol. The maximum absolute atomic E-state index is 11.9. The average molecular weight is 596 g/mol. The third kappa shape index (κ3) is 7.09. The first-order chi connectivity index (χ1) is 21.4. The lowest BCUT2D eigenvalue weighted by Crippen LogP contribution is -2.29. The minimum absolute atomic E-state index is 0.106. The van der Waals surface area contributed by atoms with Crippen molar-refractivity contribution < 1.29 is 38.1 Å². The van der Waals surface area contributed by atoms with E-state index in [0.29, 0.717) is 34.2 Å². The van der Waals surface area contributed by atoms with Gasteiger partial charge in [0.1, 0.15) is 26.6 Å². The van der Waals surface area contributed by atoms with Crippen molar-refractivity contribution >= 4 is 24.2 Å². The van der Waals surface area contributed by atoms with Crippen LogP contribution in [0, 0.1) is 0 Å². The second kappa shape index (κ2) is 12.8. The normalized spacial score (nSPS) is 16.3. The smallest absolute Gasteiger partial charge is 0.418 e. The van der Waals surface area contributed by atoms with Crippen molar-refractivity contribution in [1.29, 1.82) is 0 Å². The Kier molecular flexibility index (Phi) is 8.30. The van der Waals surface area contributed by atoms with E-state index < -0.39 is 24.2 Å². The molecule has 1 aromatic carbocycles. The molecule has 6 rings (SSSR count). The number of esters is 2. The summed E-state index contributed by atoms with van der Waals surface area (Å²) < 4.78 is 18.9. The molecule has 0 saturated carbocycles. The number of hydrogen-bond donors (Lipinski definition) is 0. The molecule has 0 bridgehead atoms. The van der Waals surface area contributed by atoms with Crippen LogP contribution in [0.25, 0.3) is 33.9 Å². The van der Waals surface area contributed by atoms with Crippen LogP contribution < -0.4 is 0 Å². The Hall–Kier alpha value is -5.53. The third-order valence-electron chi connectivity index (χ3n) is 6.67. The second-order valence-corrected chi connectivity index (χ2v) is 9.99. The zero-order chi connectivity index (χ0) is 30.5. The van der Waals surface area contributed by atoms with E-state index in [1.807, 2.05) is 78.9 Å². The lowest BCUT2D eigenvalue weighted by atomic mass is 10.0. The van der Waals surface area contributed by atoms with Gasteiger partial charge in [-0.15, -0.1) is 0 Å². The number of carbonyl (C=O) groups excluding carboxylic acids is 4. The van der Waals surface area contributed by atoms with Gasteiger partial charge in [0.15, 0.2) is 0 Å². The molecule has 0 atom stereocenters. The molecule has 3 aromatic heterocycles. The van der Waals surface area contributed by atoms with Crippen molar-refractivity contribution in [1.82, 2.24) is 24.8 Å². The molecule has 0 unspecified atom stereocenters. The van der Waals surface area contributed by atoms with Gasteiger partial charge in [0.05, 0.1) is 34.2 Å². The Morgan fingerprint density at radius 2 is 1.05 bits per heavy atom. The monoisotopic (exact) mass is 595 g/mol. The summed E-state index contributed by atoms with van der Waals surface area (Å²) in [6.07, 6.45) is -2.05. The van der Waals surface area contributed by atoms with Crippen molar-refractivity contribution in [3.05, 3.63) is 90.3 Å². The average Bonchev–Trinajstić information content (AvgIpc) is 3.29. The summed E-state index contributed by atoms with van der Waals surface area (Å²) in [7, 11) is 0. The molecule has 44 heavy (non-hydrogen) atoms. The molecule has 2 fully saturated rings. The number of nitrogens with zero attached hydrogens (tertiary/aromatic N) is 5. The van der Waals surface area contributed by atoms with Gasteiger partial charge >= 0.3 is 24.2 Å². The van der Waals surface area contributed by atoms with E-state index in [-0.39, 0.29) is 39.6 Å². The minimum atomic E-state index is -1.02. The standard InChI is InChI=1S/C31H25N5O8/c37-28-16-35(18-41-30(39)43-28)14-22-8-4-10-24(32-22)26-12-21(20-6-2-1-3-7-20)13-27(34-26)25-11-5-9-23(33-25)15-36-17-29(38)44-31(40)42-19-36/h1-13H,14-19H2. The van der Waals surface area contributed by atoms with Crippen LogP contribution in [0.5, 0.6) is 0 Å². The molecule has 5 heterocycles. The highest BCUT2D eigenvalue weighted by Crippen LogP contribution is 2.29. The van der Waals surface area contributed by atoms with Gasteiger partial charge in [0.25, 0.3) is 0 Å². The first-order valence-corrected chi connectivity index (χ1v) is 13.6. The minimum Gasteiger partial charge on any atom is -0.418 e. The number of rotatable bonds is 7. The van der Waals surface area contributed by atoms with E-state index >= 15 is 0 Å². The molecule has 0 spiro atoms. The number of ether oxygens (including phenoxy) is 4. The number of benzene rings is 1. The summed E-state index contributed by atoms with van der Waals surface area (Å²) in [6, 6.07) is 24.7. The predicted molar refractivity (Wildman–Crippen MR) is 152 cm³/mol. The van der Waals surface area contributed by atoms with E-state index in [4.69, 9.17) is 24.4 Å². The van der Waals surface area contributed by atoms with Gasteiger partial charge in [0, 0.05) is 13.1 Å². The first kappa shape index (κ1) is 28.6. The molecule has 222 valence electrons. The van der Waals surface area contributed by atoms with Crippen LogP contribution in [0.1, 0.15) is 11.4 Å². The van der Waals surface area contributed by atoms with Crippen molar-refractivity contribution in [2.75, 3.05) is 26.6 Å². The van der Waals surface area contributed by atoms with Gasteiger partial charge in [-0.1, -0.05) is 42.5 Å². The van der Waals surface area contributed by atoms with E-state index in [9.17, 15) is 19.2 Å². The van der Waals surface area contributed by atoms with Crippen molar-refractivity contribution in [2.45, 2.75) is 13.1 Å². The van der Waals surface area contributed by atoms with Gasteiger partial charge in [-0.25, -0.2) is 24.5 Å². The van der Waals surface area contributed by atoms with Crippen molar-refractivity contribution in [2.24, 2.45) is 0 Å².